The van der Waals surface area contributed by atoms with Gasteiger partial charge in [-0.3, -0.25) is 0 Å². The summed E-state index contributed by atoms with van der Waals surface area (Å²) in [7, 11) is 0. The van der Waals surface area contributed by atoms with Gasteiger partial charge in [0.05, 0.1) is 11.7 Å². The van der Waals surface area contributed by atoms with Crippen LogP contribution in [-0.2, 0) is 13.2 Å². The van der Waals surface area contributed by atoms with Crippen LogP contribution in [0, 0.1) is 5.92 Å². The SMILES string of the molecule is C1=CC2c3cccc(OCc4ccccc4)c3NC(c3ccc(OCc4ccccc4)cc3)C2C1. The molecule has 3 atom stereocenters. The molecule has 0 bridgehead atoms. The number of para-hydroxylation sites is 1. The second-order valence-corrected chi connectivity index (χ2v) is 9.31. The van der Waals surface area contributed by atoms with Gasteiger partial charge in [-0.1, -0.05) is 97.1 Å². The lowest BCUT2D eigenvalue weighted by atomic mass is 9.77. The van der Waals surface area contributed by atoms with Crippen molar-refractivity contribution in [3.05, 3.63) is 138 Å². The fourth-order valence-corrected chi connectivity index (χ4v) is 5.29. The molecule has 0 saturated heterocycles. The van der Waals surface area contributed by atoms with Crippen LogP contribution in [0.1, 0.15) is 40.6 Å². The van der Waals surface area contributed by atoms with Crippen LogP contribution in [0.4, 0.5) is 5.69 Å². The van der Waals surface area contributed by atoms with Crippen LogP contribution in [-0.4, -0.2) is 0 Å². The Morgan fingerprint density at radius 2 is 1.37 bits per heavy atom. The summed E-state index contributed by atoms with van der Waals surface area (Å²) in [6, 6.07) is 35.8. The molecule has 1 aliphatic carbocycles. The van der Waals surface area contributed by atoms with E-state index >= 15 is 0 Å². The van der Waals surface area contributed by atoms with Crippen molar-refractivity contribution in [1.29, 1.82) is 0 Å². The van der Waals surface area contributed by atoms with Crippen LogP contribution in [0.2, 0.25) is 0 Å². The summed E-state index contributed by atoms with van der Waals surface area (Å²) in [5, 5.41) is 3.86. The highest BCUT2D eigenvalue weighted by Gasteiger charge is 2.39. The lowest BCUT2D eigenvalue weighted by Gasteiger charge is -2.38. The number of nitrogens with one attached hydrogen (secondary N) is 1. The van der Waals surface area contributed by atoms with Crippen LogP contribution in [0.5, 0.6) is 11.5 Å². The van der Waals surface area contributed by atoms with Crippen LogP contribution < -0.4 is 14.8 Å². The fraction of sp³-hybridized carbons (Fsp3) is 0.188. The highest BCUT2D eigenvalue weighted by Crippen LogP contribution is 2.52. The Labute approximate surface area is 207 Å². The first-order valence-electron chi connectivity index (χ1n) is 12.3. The molecule has 0 fully saturated rings. The van der Waals surface area contributed by atoms with Crippen LogP contribution in [0.15, 0.2) is 115 Å². The molecule has 3 heteroatoms. The van der Waals surface area contributed by atoms with E-state index in [4.69, 9.17) is 9.47 Å². The molecule has 0 amide bonds. The van der Waals surface area contributed by atoms with Crippen LogP contribution in [0.3, 0.4) is 0 Å². The van der Waals surface area contributed by atoms with E-state index in [2.05, 4.69) is 96.3 Å². The van der Waals surface area contributed by atoms with Gasteiger partial charge in [-0.05, 0) is 52.8 Å². The molecule has 4 aromatic carbocycles. The third-order valence-electron chi connectivity index (χ3n) is 7.08. The number of anilines is 1. The lowest BCUT2D eigenvalue weighted by Crippen LogP contribution is -2.29. The minimum absolute atomic E-state index is 0.215. The Bertz CT molecular complexity index is 1300. The molecule has 0 saturated carbocycles. The maximum absolute atomic E-state index is 6.31. The molecule has 35 heavy (non-hydrogen) atoms. The monoisotopic (exact) mass is 459 g/mol. The van der Waals surface area contributed by atoms with Gasteiger partial charge in [0, 0.05) is 5.92 Å². The van der Waals surface area contributed by atoms with Crippen molar-refractivity contribution in [2.75, 3.05) is 5.32 Å². The Hall–Kier alpha value is -3.98. The van der Waals surface area contributed by atoms with Gasteiger partial charge in [-0.2, -0.15) is 0 Å². The van der Waals surface area contributed by atoms with Gasteiger partial charge in [0.1, 0.15) is 24.7 Å². The zero-order chi connectivity index (χ0) is 23.5. The highest BCUT2D eigenvalue weighted by molar-refractivity contribution is 5.67. The molecule has 0 aromatic heterocycles. The summed E-state index contributed by atoms with van der Waals surface area (Å²) >= 11 is 0. The molecule has 0 spiro atoms. The standard InChI is InChI=1S/C32H29NO2/c1-3-9-23(10-4-1)21-34-26-19-17-25(18-20-26)31-28-14-7-13-27(28)29-15-8-16-30(32(29)33-31)35-22-24-11-5-2-6-12-24/h1-13,15-20,27-28,31,33H,14,21-22H2. The summed E-state index contributed by atoms with van der Waals surface area (Å²) in [5.41, 5.74) is 6.06. The number of hydrogen-bond donors (Lipinski definition) is 1. The van der Waals surface area contributed by atoms with Crippen molar-refractivity contribution in [1.82, 2.24) is 0 Å². The van der Waals surface area contributed by atoms with Gasteiger partial charge in [0.25, 0.3) is 0 Å². The topological polar surface area (TPSA) is 30.5 Å². The molecule has 1 N–H and O–H groups in total. The van der Waals surface area contributed by atoms with Crippen molar-refractivity contribution < 1.29 is 9.47 Å². The number of ether oxygens (including phenoxy) is 2. The second-order valence-electron chi connectivity index (χ2n) is 9.31. The molecule has 174 valence electrons. The van der Waals surface area contributed by atoms with Crippen molar-refractivity contribution in [3.63, 3.8) is 0 Å². The Morgan fingerprint density at radius 1 is 0.686 bits per heavy atom. The van der Waals surface area contributed by atoms with E-state index < -0.39 is 0 Å². The largest absolute Gasteiger partial charge is 0.489 e. The fourth-order valence-electron chi connectivity index (χ4n) is 5.29. The maximum atomic E-state index is 6.31. The molecule has 3 unspecified atom stereocenters. The third-order valence-corrected chi connectivity index (χ3v) is 7.08. The van der Waals surface area contributed by atoms with Crippen molar-refractivity contribution in [2.45, 2.75) is 31.6 Å². The second kappa shape index (κ2) is 9.71. The molecule has 0 radical (unpaired) electrons. The number of rotatable bonds is 7. The Balaban J connectivity index is 1.22. The normalized spacial score (nSPS) is 19.9. The first-order chi connectivity index (χ1) is 17.3. The van der Waals surface area contributed by atoms with Crippen molar-refractivity contribution in [3.8, 4) is 11.5 Å². The van der Waals surface area contributed by atoms with Gasteiger partial charge in [-0.25, -0.2) is 0 Å². The summed E-state index contributed by atoms with van der Waals surface area (Å²) in [5.74, 6) is 2.69. The van der Waals surface area contributed by atoms with E-state index in [0.717, 1.165) is 23.6 Å². The average molecular weight is 460 g/mol. The number of hydrogen-bond acceptors (Lipinski definition) is 3. The minimum atomic E-state index is 0.215. The quantitative estimate of drug-likeness (QED) is 0.288. The third kappa shape index (κ3) is 4.54. The molecule has 2 aliphatic rings. The van der Waals surface area contributed by atoms with Crippen LogP contribution in [0.25, 0.3) is 0 Å². The number of benzene rings is 4. The number of fused-ring (bicyclic) bond motifs is 3. The number of allylic oxidation sites excluding steroid dienone is 2. The average Bonchev–Trinajstić information content (AvgIpc) is 3.42. The smallest absolute Gasteiger partial charge is 0.143 e. The lowest BCUT2D eigenvalue weighted by molar-refractivity contribution is 0.304. The molecule has 4 aromatic rings. The van der Waals surface area contributed by atoms with Crippen LogP contribution >= 0.6 is 0 Å². The highest BCUT2D eigenvalue weighted by atomic mass is 16.5. The zero-order valence-electron chi connectivity index (χ0n) is 19.6. The maximum Gasteiger partial charge on any atom is 0.143 e. The summed E-state index contributed by atoms with van der Waals surface area (Å²) < 4.78 is 12.3. The first kappa shape index (κ1) is 21.5. The molecule has 6 rings (SSSR count). The van der Waals surface area contributed by atoms with Gasteiger partial charge in [0.2, 0.25) is 0 Å². The van der Waals surface area contributed by atoms with E-state index in [9.17, 15) is 0 Å². The van der Waals surface area contributed by atoms with E-state index in [1.165, 1.54) is 22.3 Å². The molecule has 1 aliphatic heterocycles. The van der Waals surface area contributed by atoms with E-state index in [1.54, 1.807) is 0 Å². The summed E-state index contributed by atoms with van der Waals surface area (Å²) in [6.07, 6.45) is 5.77. The minimum Gasteiger partial charge on any atom is -0.489 e. The van der Waals surface area contributed by atoms with Gasteiger partial charge in [-0.15, -0.1) is 0 Å². The molecule has 1 heterocycles. The van der Waals surface area contributed by atoms with E-state index in [0.29, 0.717) is 25.0 Å². The van der Waals surface area contributed by atoms with Gasteiger partial charge < -0.3 is 14.8 Å². The van der Waals surface area contributed by atoms with Gasteiger partial charge >= 0.3 is 0 Å². The predicted molar refractivity (Wildman–Crippen MR) is 141 cm³/mol. The van der Waals surface area contributed by atoms with Crippen molar-refractivity contribution in [2.24, 2.45) is 5.92 Å². The first-order valence-corrected chi connectivity index (χ1v) is 12.3. The zero-order valence-corrected chi connectivity index (χ0v) is 19.6. The summed E-state index contributed by atoms with van der Waals surface area (Å²) in [6.45, 7) is 1.13. The van der Waals surface area contributed by atoms with Gasteiger partial charge in [0.15, 0.2) is 0 Å². The molecular formula is C32H29NO2. The molecule has 3 nitrogen and oxygen atoms in total. The molecular weight excluding hydrogens is 430 g/mol. The van der Waals surface area contributed by atoms with E-state index in [-0.39, 0.29) is 6.04 Å². The Kier molecular flexibility index (Phi) is 5.98. The van der Waals surface area contributed by atoms with Crippen molar-refractivity contribution >= 4 is 5.69 Å². The summed E-state index contributed by atoms with van der Waals surface area (Å²) in [4.78, 5) is 0. The predicted octanol–water partition coefficient (Wildman–Crippen LogP) is 7.67. The van der Waals surface area contributed by atoms with E-state index in [1.807, 2.05) is 24.3 Å². The Morgan fingerprint density at radius 3 is 2.09 bits per heavy atom.